The first kappa shape index (κ1) is 12.5. The molecule has 0 spiro atoms. The fourth-order valence-electron chi connectivity index (χ4n) is 1.99. The number of rotatable bonds is 2. The number of amides is 1. The highest BCUT2D eigenvalue weighted by Crippen LogP contribution is 2.22. The van der Waals surface area contributed by atoms with Crippen LogP contribution in [0.2, 0.25) is 0 Å². The molecule has 1 aliphatic heterocycles. The van der Waals surface area contributed by atoms with Crippen molar-refractivity contribution in [1.82, 2.24) is 4.90 Å². The van der Waals surface area contributed by atoms with E-state index in [4.69, 9.17) is 10.5 Å². The maximum absolute atomic E-state index is 12.2. The van der Waals surface area contributed by atoms with Gasteiger partial charge in [-0.2, -0.15) is 0 Å². The highest BCUT2D eigenvalue weighted by Gasteiger charge is 2.32. The van der Waals surface area contributed by atoms with E-state index in [1.54, 1.807) is 4.90 Å². The largest absolute Gasteiger partial charge is 0.372 e. The molecule has 1 aliphatic rings. The molecule has 1 amide bonds. The van der Waals surface area contributed by atoms with Gasteiger partial charge in [-0.05, 0) is 25.3 Å². The summed E-state index contributed by atoms with van der Waals surface area (Å²) in [6, 6.07) is 3.28. The van der Waals surface area contributed by atoms with Gasteiger partial charge < -0.3 is 15.4 Å². The van der Waals surface area contributed by atoms with Gasteiger partial charge in [0.1, 0.15) is 6.04 Å². The lowest BCUT2D eigenvalue weighted by molar-refractivity contribution is -0.147. The first-order valence-corrected chi connectivity index (χ1v) is 6.59. The number of carbonyl (C=O) groups excluding carboxylic acids is 1. The predicted molar refractivity (Wildman–Crippen MR) is 67.9 cm³/mol. The molecule has 1 saturated heterocycles. The topological polar surface area (TPSA) is 55.6 Å². The van der Waals surface area contributed by atoms with Crippen molar-refractivity contribution < 1.29 is 9.53 Å². The van der Waals surface area contributed by atoms with E-state index in [2.05, 4.69) is 0 Å². The van der Waals surface area contributed by atoms with Crippen molar-refractivity contribution in [3.05, 3.63) is 22.4 Å². The number of carbonyl (C=O) groups is 1. The van der Waals surface area contributed by atoms with Gasteiger partial charge in [0.15, 0.2) is 0 Å². The van der Waals surface area contributed by atoms with Crippen molar-refractivity contribution in [2.24, 2.45) is 5.73 Å². The summed E-state index contributed by atoms with van der Waals surface area (Å²) < 4.78 is 5.58. The van der Waals surface area contributed by atoms with Crippen LogP contribution in [0.25, 0.3) is 0 Å². The van der Waals surface area contributed by atoms with E-state index in [-0.39, 0.29) is 11.5 Å². The number of hydrogen-bond acceptors (Lipinski definition) is 4. The predicted octanol–water partition coefficient (Wildman–Crippen LogP) is 1.39. The van der Waals surface area contributed by atoms with Gasteiger partial charge >= 0.3 is 0 Å². The number of ether oxygens (including phenoxy) is 1. The van der Waals surface area contributed by atoms with E-state index in [0.717, 1.165) is 4.88 Å². The highest BCUT2D eigenvalue weighted by atomic mass is 32.1. The van der Waals surface area contributed by atoms with Gasteiger partial charge in [-0.15, -0.1) is 11.3 Å². The molecule has 0 aliphatic carbocycles. The molecular weight excluding hydrogens is 236 g/mol. The van der Waals surface area contributed by atoms with Crippen molar-refractivity contribution in [3.8, 4) is 0 Å². The fourth-order valence-corrected chi connectivity index (χ4v) is 2.71. The van der Waals surface area contributed by atoms with E-state index in [9.17, 15) is 4.79 Å². The van der Waals surface area contributed by atoms with Crippen molar-refractivity contribution in [2.75, 3.05) is 19.7 Å². The van der Waals surface area contributed by atoms with Crippen LogP contribution < -0.4 is 5.73 Å². The third-order valence-electron chi connectivity index (χ3n) is 2.85. The SMILES string of the molecule is CC1(C)CN(C(=O)C(N)c2cccs2)CCO1. The molecule has 1 aromatic heterocycles. The summed E-state index contributed by atoms with van der Waals surface area (Å²) >= 11 is 1.52. The summed E-state index contributed by atoms with van der Waals surface area (Å²) in [4.78, 5) is 15.0. The summed E-state index contributed by atoms with van der Waals surface area (Å²) in [5.74, 6) is -0.0103. The van der Waals surface area contributed by atoms with Crippen LogP contribution in [0.15, 0.2) is 17.5 Å². The Hall–Kier alpha value is -0.910. The number of thiophene rings is 1. The Morgan fingerprint density at radius 2 is 2.41 bits per heavy atom. The van der Waals surface area contributed by atoms with E-state index in [1.165, 1.54) is 11.3 Å². The lowest BCUT2D eigenvalue weighted by atomic mass is 10.1. The van der Waals surface area contributed by atoms with Gasteiger partial charge in [0.05, 0.1) is 12.2 Å². The Kier molecular flexibility index (Phi) is 3.51. The summed E-state index contributed by atoms with van der Waals surface area (Å²) in [6.45, 7) is 5.79. The van der Waals surface area contributed by atoms with E-state index >= 15 is 0 Å². The third-order valence-corrected chi connectivity index (χ3v) is 3.81. The lowest BCUT2D eigenvalue weighted by Gasteiger charge is -2.39. The van der Waals surface area contributed by atoms with Crippen molar-refractivity contribution in [2.45, 2.75) is 25.5 Å². The average molecular weight is 254 g/mol. The Labute approximate surface area is 105 Å². The number of hydrogen-bond donors (Lipinski definition) is 1. The second kappa shape index (κ2) is 4.76. The smallest absolute Gasteiger partial charge is 0.245 e. The molecule has 2 rings (SSSR count). The molecule has 1 fully saturated rings. The normalized spacial score (nSPS) is 21.2. The van der Waals surface area contributed by atoms with Crippen LogP contribution in [-0.4, -0.2) is 36.1 Å². The van der Waals surface area contributed by atoms with Crippen LogP contribution in [0.3, 0.4) is 0 Å². The summed E-state index contributed by atoms with van der Waals surface area (Å²) in [5, 5.41) is 1.94. The maximum atomic E-state index is 12.2. The summed E-state index contributed by atoms with van der Waals surface area (Å²) in [6.07, 6.45) is 0. The monoisotopic (exact) mass is 254 g/mol. The molecule has 17 heavy (non-hydrogen) atoms. The molecule has 1 unspecified atom stereocenters. The molecule has 0 bridgehead atoms. The van der Waals surface area contributed by atoms with Gasteiger partial charge in [0.2, 0.25) is 5.91 Å². The molecular formula is C12H18N2O2S. The molecule has 5 heteroatoms. The first-order valence-electron chi connectivity index (χ1n) is 5.71. The Morgan fingerprint density at radius 1 is 1.65 bits per heavy atom. The van der Waals surface area contributed by atoms with Crippen LogP contribution >= 0.6 is 11.3 Å². The molecule has 0 aromatic carbocycles. The minimum absolute atomic E-state index is 0.0103. The van der Waals surface area contributed by atoms with Crippen LogP contribution in [0.5, 0.6) is 0 Å². The van der Waals surface area contributed by atoms with Crippen LogP contribution in [0.4, 0.5) is 0 Å². The Morgan fingerprint density at radius 3 is 3.00 bits per heavy atom. The first-order chi connectivity index (χ1) is 7.99. The minimum Gasteiger partial charge on any atom is -0.372 e. The maximum Gasteiger partial charge on any atom is 0.245 e. The van der Waals surface area contributed by atoms with Crippen LogP contribution in [0.1, 0.15) is 24.8 Å². The molecule has 94 valence electrons. The molecule has 1 atom stereocenters. The lowest BCUT2D eigenvalue weighted by Crippen LogP contribution is -2.52. The zero-order valence-corrected chi connectivity index (χ0v) is 11.0. The zero-order valence-electron chi connectivity index (χ0n) is 10.2. The molecule has 4 nitrogen and oxygen atoms in total. The van der Waals surface area contributed by atoms with Gasteiger partial charge in [0, 0.05) is 18.0 Å². The second-order valence-corrected chi connectivity index (χ2v) is 5.84. The van der Waals surface area contributed by atoms with Crippen molar-refractivity contribution in [1.29, 1.82) is 0 Å². The highest BCUT2D eigenvalue weighted by molar-refractivity contribution is 7.10. The van der Waals surface area contributed by atoms with Crippen molar-refractivity contribution >= 4 is 17.2 Å². The van der Waals surface area contributed by atoms with E-state index in [1.807, 2.05) is 31.4 Å². The fraction of sp³-hybridized carbons (Fsp3) is 0.583. The van der Waals surface area contributed by atoms with Crippen molar-refractivity contribution in [3.63, 3.8) is 0 Å². The molecule has 2 N–H and O–H groups in total. The Balaban J connectivity index is 2.05. The molecule has 1 aromatic rings. The average Bonchev–Trinajstić information content (AvgIpc) is 2.79. The zero-order chi connectivity index (χ0) is 12.5. The number of nitrogens with zero attached hydrogens (tertiary/aromatic N) is 1. The van der Waals surface area contributed by atoms with Gasteiger partial charge in [-0.1, -0.05) is 6.07 Å². The third kappa shape index (κ3) is 2.86. The molecule has 2 heterocycles. The van der Waals surface area contributed by atoms with Gasteiger partial charge in [-0.25, -0.2) is 0 Å². The standard InChI is InChI=1S/C12H18N2O2S/c1-12(2)8-14(5-6-16-12)11(15)10(13)9-4-3-7-17-9/h3-4,7,10H,5-6,8,13H2,1-2H3. The number of nitrogens with two attached hydrogens (primary N) is 1. The van der Waals surface area contributed by atoms with E-state index < -0.39 is 6.04 Å². The Bertz CT molecular complexity index is 389. The molecule has 0 saturated carbocycles. The second-order valence-electron chi connectivity index (χ2n) is 4.86. The summed E-state index contributed by atoms with van der Waals surface area (Å²) in [5.41, 5.74) is 5.71. The van der Waals surface area contributed by atoms with Crippen LogP contribution in [-0.2, 0) is 9.53 Å². The summed E-state index contributed by atoms with van der Waals surface area (Å²) in [7, 11) is 0. The van der Waals surface area contributed by atoms with E-state index in [0.29, 0.717) is 19.7 Å². The minimum atomic E-state index is -0.538. The van der Waals surface area contributed by atoms with Crippen LogP contribution in [0, 0.1) is 0 Å². The van der Waals surface area contributed by atoms with Gasteiger partial charge in [-0.3, -0.25) is 4.79 Å². The van der Waals surface area contributed by atoms with Gasteiger partial charge in [0.25, 0.3) is 0 Å². The quantitative estimate of drug-likeness (QED) is 0.867. The number of morpholine rings is 1. The molecule has 0 radical (unpaired) electrons.